The third kappa shape index (κ3) is 5.03. The second-order valence-corrected chi connectivity index (χ2v) is 8.32. The van der Waals surface area contributed by atoms with E-state index in [0.717, 1.165) is 19.5 Å². The monoisotopic (exact) mass is 375 g/mol. The highest BCUT2D eigenvalue weighted by molar-refractivity contribution is 5.83. The zero-order valence-corrected chi connectivity index (χ0v) is 17.2. The third-order valence-electron chi connectivity index (χ3n) is 6.05. The molecule has 1 aromatic heterocycles. The third-order valence-corrected chi connectivity index (χ3v) is 6.05. The van der Waals surface area contributed by atoms with Crippen LogP contribution in [0.5, 0.6) is 0 Å². The van der Waals surface area contributed by atoms with Crippen molar-refractivity contribution in [3.8, 4) is 0 Å². The highest BCUT2D eigenvalue weighted by atomic mass is 15.1. The number of hydrogen-bond donors (Lipinski definition) is 1. The molecule has 0 atom stereocenters. The van der Waals surface area contributed by atoms with E-state index in [1.165, 1.54) is 72.9 Å². The van der Waals surface area contributed by atoms with Crippen LogP contribution in [-0.2, 0) is 19.4 Å². The van der Waals surface area contributed by atoms with E-state index in [4.69, 9.17) is 0 Å². The van der Waals surface area contributed by atoms with Crippen molar-refractivity contribution in [2.24, 2.45) is 0 Å². The molecular weight excluding hydrogens is 342 g/mol. The van der Waals surface area contributed by atoms with Gasteiger partial charge in [0.25, 0.3) is 0 Å². The Hall–Kier alpha value is -2.10. The molecule has 0 radical (unpaired) electrons. The van der Waals surface area contributed by atoms with E-state index in [2.05, 4.69) is 76.6 Å². The van der Waals surface area contributed by atoms with Crippen LogP contribution in [-0.4, -0.2) is 48.0 Å². The van der Waals surface area contributed by atoms with Gasteiger partial charge in [-0.05, 0) is 68.6 Å². The molecule has 0 spiro atoms. The number of aromatic nitrogens is 1. The minimum absolute atomic E-state index is 1.01. The number of para-hydroxylation sites is 1. The van der Waals surface area contributed by atoms with Gasteiger partial charge in [-0.2, -0.15) is 0 Å². The molecule has 1 aliphatic rings. The van der Waals surface area contributed by atoms with Crippen LogP contribution in [0.3, 0.4) is 0 Å². The lowest BCUT2D eigenvalue weighted by molar-refractivity contribution is 0.231. The summed E-state index contributed by atoms with van der Waals surface area (Å²) in [7, 11) is 2.23. The van der Waals surface area contributed by atoms with Crippen molar-refractivity contribution in [3.05, 3.63) is 71.4 Å². The predicted octanol–water partition coefficient (Wildman–Crippen LogP) is 4.87. The minimum Gasteiger partial charge on any atom is -0.361 e. The molecule has 3 heteroatoms. The van der Waals surface area contributed by atoms with Crippen molar-refractivity contribution in [1.82, 2.24) is 14.8 Å². The van der Waals surface area contributed by atoms with Crippen molar-refractivity contribution < 1.29 is 0 Å². The van der Waals surface area contributed by atoms with Crippen LogP contribution in [0, 0.1) is 0 Å². The number of H-pyrrole nitrogens is 1. The summed E-state index contributed by atoms with van der Waals surface area (Å²) in [5.74, 6) is 0. The average molecular weight is 376 g/mol. The highest BCUT2D eigenvalue weighted by Crippen LogP contribution is 2.18. The molecular formula is C25H33N3. The molecule has 4 rings (SSSR count). The number of nitrogens with one attached hydrogen (secondary N) is 1. The van der Waals surface area contributed by atoms with Crippen molar-refractivity contribution in [2.75, 3.05) is 33.2 Å². The zero-order valence-electron chi connectivity index (χ0n) is 17.2. The summed E-state index contributed by atoms with van der Waals surface area (Å²) in [5, 5.41) is 1.36. The Morgan fingerprint density at radius 1 is 0.929 bits per heavy atom. The van der Waals surface area contributed by atoms with Crippen molar-refractivity contribution >= 4 is 10.9 Å². The first-order chi connectivity index (χ1) is 13.8. The molecule has 1 saturated heterocycles. The van der Waals surface area contributed by atoms with Crippen LogP contribution in [0.4, 0.5) is 0 Å². The molecule has 1 aliphatic heterocycles. The quantitative estimate of drug-likeness (QED) is 0.607. The molecule has 3 aromatic rings. The van der Waals surface area contributed by atoms with E-state index in [-0.39, 0.29) is 0 Å². The second kappa shape index (κ2) is 9.40. The molecule has 28 heavy (non-hydrogen) atoms. The summed E-state index contributed by atoms with van der Waals surface area (Å²) in [6.07, 6.45) is 8.58. The van der Waals surface area contributed by atoms with Crippen LogP contribution < -0.4 is 0 Å². The Balaban J connectivity index is 1.28. The fraction of sp³-hybridized carbons (Fsp3) is 0.440. The summed E-state index contributed by atoms with van der Waals surface area (Å²) in [6, 6.07) is 17.8. The lowest BCUT2D eigenvalue weighted by Gasteiger charge is -2.26. The number of likely N-dealkylation sites (N-methyl/N-ethyl adjacent to an activating group) is 1. The van der Waals surface area contributed by atoms with Gasteiger partial charge in [-0.15, -0.1) is 0 Å². The van der Waals surface area contributed by atoms with E-state index < -0.39 is 0 Å². The Kier molecular flexibility index (Phi) is 6.45. The molecule has 0 saturated carbocycles. The zero-order chi connectivity index (χ0) is 19.2. The Morgan fingerprint density at radius 3 is 2.64 bits per heavy atom. The van der Waals surface area contributed by atoms with Gasteiger partial charge in [-0.3, -0.25) is 0 Å². The topological polar surface area (TPSA) is 22.3 Å². The van der Waals surface area contributed by atoms with Gasteiger partial charge in [0, 0.05) is 36.7 Å². The normalized spacial score (nSPS) is 15.5. The number of nitrogens with zero attached hydrogens (tertiary/aromatic N) is 2. The first-order valence-electron chi connectivity index (χ1n) is 10.8. The van der Waals surface area contributed by atoms with Gasteiger partial charge >= 0.3 is 0 Å². The van der Waals surface area contributed by atoms with Crippen LogP contribution in [0.25, 0.3) is 10.9 Å². The van der Waals surface area contributed by atoms with Gasteiger partial charge in [-0.1, -0.05) is 48.9 Å². The number of aromatic amines is 1. The molecule has 1 N–H and O–H groups in total. The van der Waals surface area contributed by atoms with Gasteiger partial charge in [0.15, 0.2) is 0 Å². The fourth-order valence-corrected chi connectivity index (χ4v) is 4.39. The fourth-order valence-electron chi connectivity index (χ4n) is 4.39. The van der Waals surface area contributed by atoms with Gasteiger partial charge in [0.1, 0.15) is 0 Å². The van der Waals surface area contributed by atoms with Crippen molar-refractivity contribution in [1.29, 1.82) is 0 Å². The maximum Gasteiger partial charge on any atom is 0.0456 e. The number of hydrogen-bond acceptors (Lipinski definition) is 2. The average Bonchev–Trinajstić information content (AvgIpc) is 3.15. The van der Waals surface area contributed by atoms with Crippen molar-refractivity contribution in [3.63, 3.8) is 0 Å². The van der Waals surface area contributed by atoms with E-state index >= 15 is 0 Å². The minimum atomic E-state index is 1.01. The van der Waals surface area contributed by atoms with E-state index in [1.807, 2.05) is 0 Å². The Labute approximate surface area is 169 Å². The maximum absolute atomic E-state index is 3.39. The molecule has 3 nitrogen and oxygen atoms in total. The lowest BCUT2D eigenvalue weighted by atomic mass is 10.1. The predicted molar refractivity (Wildman–Crippen MR) is 119 cm³/mol. The summed E-state index contributed by atoms with van der Waals surface area (Å²) in [5.41, 5.74) is 5.56. The highest BCUT2D eigenvalue weighted by Gasteiger charge is 2.10. The lowest BCUT2D eigenvalue weighted by Crippen LogP contribution is -2.31. The Bertz CT molecular complexity index is 876. The van der Waals surface area contributed by atoms with Crippen LogP contribution in [0.2, 0.25) is 0 Å². The molecule has 0 unspecified atom stereocenters. The van der Waals surface area contributed by atoms with E-state index in [0.29, 0.717) is 0 Å². The van der Waals surface area contributed by atoms with E-state index in [9.17, 15) is 0 Å². The molecule has 1 fully saturated rings. The number of piperidine rings is 1. The molecule has 0 bridgehead atoms. The Morgan fingerprint density at radius 2 is 1.75 bits per heavy atom. The molecule has 0 amide bonds. The van der Waals surface area contributed by atoms with Crippen molar-refractivity contribution in [2.45, 2.75) is 38.6 Å². The smallest absolute Gasteiger partial charge is 0.0456 e. The van der Waals surface area contributed by atoms with Gasteiger partial charge in [0.2, 0.25) is 0 Å². The van der Waals surface area contributed by atoms with Crippen LogP contribution >= 0.6 is 0 Å². The van der Waals surface area contributed by atoms with Gasteiger partial charge in [-0.25, -0.2) is 0 Å². The summed E-state index contributed by atoms with van der Waals surface area (Å²) in [4.78, 5) is 8.45. The SMILES string of the molecule is CN(CCc1c[nH]c2ccccc12)Cc1cccc(CCN2CCCCC2)c1. The van der Waals surface area contributed by atoms with Crippen LogP contribution in [0.1, 0.15) is 36.0 Å². The summed E-state index contributed by atoms with van der Waals surface area (Å²) < 4.78 is 0. The summed E-state index contributed by atoms with van der Waals surface area (Å²) in [6.45, 7) is 5.87. The van der Waals surface area contributed by atoms with Crippen LogP contribution in [0.15, 0.2) is 54.7 Å². The maximum atomic E-state index is 3.39. The first-order valence-corrected chi connectivity index (χ1v) is 10.8. The first kappa shape index (κ1) is 19.2. The van der Waals surface area contributed by atoms with Gasteiger partial charge in [0.05, 0.1) is 0 Å². The van der Waals surface area contributed by atoms with Gasteiger partial charge < -0.3 is 14.8 Å². The number of fused-ring (bicyclic) bond motifs is 1. The molecule has 148 valence electrons. The number of benzene rings is 2. The molecule has 0 aliphatic carbocycles. The number of likely N-dealkylation sites (tertiary alicyclic amines) is 1. The number of rotatable bonds is 8. The summed E-state index contributed by atoms with van der Waals surface area (Å²) >= 11 is 0. The second-order valence-electron chi connectivity index (χ2n) is 8.32. The molecule has 2 aromatic carbocycles. The van der Waals surface area contributed by atoms with E-state index in [1.54, 1.807) is 0 Å². The molecule has 2 heterocycles. The largest absolute Gasteiger partial charge is 0.361 e. The standard InChI is InChI=1S/C25H33N3/c1-27(16-13-23-19-26-25-11-4-3-10-24(23)25)20-22-9-7-8-21(18-22)12-17-28-14-5-2-6-15-28/h3-4,7-11,18-19,26H,2,5-6,12-17,20H2,1H3.